The van der Waals surface area contributed by atoms with Crippen molar-refractivity contribution < 1.29 is 19.1 Å². The number of rotatable bonds is 6. The van der Waals surface area contributed by atoms with Crippen LogP contribution in [0.15, 0.2) is 28.4 Å². The van der Waals surface area contributed by atoms with Gasteiger partial charge in [0.05, 0.1) is 18.4 Å². The standard InChI is InChI=1S/C15H16N2O4S/c1-9(15(19)20)17(12-2-3-12)13(18)6-11-8-22-14(16-11)10-4-5-21-7-10/h4-5,7-9,12H,2-3,6H2,1H3,(H,19,20). The van der Waals surface area contributed by atoms with Gasteiger partial charge in [0.2, 0.25) is 5.91 Å². The highest BCUT2D eigenvalue weighted by Crippen LogP contribution is 2.30. The monoisotopic (exact) mass is 320 g/mol. The molecule has 1 atom stereocenters. The minimum absolute atomic E-state index is 0.0607. The number of carbonyl (C=O) groups excluding carboxylic acids is 1. The predicted octanol–water partition coefficient (Wildman–Crippen LogP) is 2.41. The Labute approximate surface area is 131 Å². The van der Waals surface area contributed by atoms with Gasteiger partial charge in [-0.3, -0.25) is 4.79 Å². The van der Waals surface area contributed by atoms with E-state index in [9.17, 15) is 9.59 Å². The number of carbonyl (C=O) groups is 2. The van der Waals surface area contributed by atoms with Gasteiger partial charge in [0.1, 0.15) is 17.3 Å². The summed E-state index contributed by atoms with van der Waals surface area (Å²) in [5, 5.41) is 11.8. The van der Waals surface area contributed by atoms with Crippen LogP contribution in [-0.4, -0.2) is 39.0 Å². The van der Waals surface area contributed by atoms with Gasteiger partial charge in [-0.1, -0.05) is 0 Å². The maximum Gasteiger partial charge on any atom is 0.326 e. The van der Waals surface area contributed by atoms with E-state index < -0.39 is 12.0 Å². The van der Waals surface area contributed by atoms with Gasteiger partial charge in [-0.25, -0.2) is 9.78 Å². The first-order chi connectivity index (χ1) is 10.6. The summed E-state index contributed by atoms with van der Waals surface area (Å²) >= 11 is 1.44. The summed E-state index contributed by atoms with van der Waals surface area (Å²) in [5.74, 6) is -1.15. The third-order valence-electron chi connectivity index (χ3n) is 3.66. The molecule has 2 heterocycles. The van der Waals surface area contributed by atoms with Crippen molar-refractivity contribution in [1.82, 2.24) is 9.88 Å². The lowest BCUT2D eigenvalue weighted by Crippen LogP contribution is -2.45. The molecule has 7 heteroatoms. The highest BCUT2D eigenvalue weighted by atomic mass is 32.1. The Morgan fingerprint density at radius 1 is 1.55 bits per heavy atom. The van der Waals surface area contributed by atoms with Gasteiger partial charge in [0.15, 0.2) is 0 Å². The van der Waals surface area contributed by atoms with Crippen molar-refractivity contribution in [2.24, 2.45) is 0 Å². The molecule has 1 unspecified atom stereocenters. The van der Waals surface area contributed by atoms with Crippen LogP contribution < -0.4 is 0 Å². The smallest absolute Gasteiger partial charge is 0.326 e. The van der Waals surface area contributed by atoms with Crippen LogP contribution in [0.5, 0.6) is 0 Å². The van der Waals surface area contributed by atoms with Crippen LogP contribution >= 0.6 is 11.3 Å². The van der Waals surface area contributed by atoms with E-state index in [2.05, 4.69) is 4.98 Å². The summed E-state index contributed by atoms with van der Waals surface area (Å²) in [7, 11) is 0. The summed E-state index contributed by atoms with van der Waals surface area (Å²) in [6.07, 6.45) is 5.06. The lowest BCUT2D eigenvalue weighted by atomic mass is 10.2. The Hall–Kier alpha value is -2.15. The highest BCUT2D eigenvalue weighted by Gasteiger charge is 2.38. The Morgan fingerprint density at radius 2 is 2.32 bits per heavy atom. The molecule has 0 aromatic carbocycles. The van der Waals surface area contributed by atoms with Gasteiger partial charge in [-0.2, -0.15) is 0 Å². The number of furan rings is 1. The molecule has 1 aliphatic carbocycles. The lowest BCUT2D eigenvalue weighted by Gasteiger charge is -2.26. The van der Waals surface area contributed by atoms with E-state index in [4.69, 9.17) is 9.52 Å². The molecule has 1 aliphatic rings. The van der Waals surface area contributed by atoms with Crippen LogP contribution in [0.25, 0.3) is 10.6 Å². The maximum atomic E-state index is 12.4. The van der Waals surface area contributed by atoms with Gasteiger partial charge >= 0.3 is 5.97 Å². The number of aromatic nitrogens is 1. The van der Waals surface area contributed by atoms with Crippen molar-refractivity contribution in [2.45, 2.75) is 38.3 Å². The zero-order chi connectivity index (χ0) is 15.7. The summed E-state index contributed by atoms with van der Waals surface area (Å²) < 4.78 is 5.02. The molecule has 0 bridgehead atoms. The molecule has 3 rings (SSSR count). The third kappa shape index (κ3) is 3.04. The number of carboxylic acids is 1. The molecule has 6 nitrogen and oxygen atoms in total. The summed E-state index contributed by atoms with van der Waals surface area (Å²) in [6.45, 7) is 1.55. The molecule has 116 valence electrons. The van der Waals surface area contributed by atoms with Crippen molar-refractivity contribution in [3.8, 4) is 10.6 Å². The van der Waals surface area contributed by atoms with Crippen molar-refractivity contribution in [1.29, 1.82) is 0 Å². The first-order valence-electron chi connectivity index (χ1n) is 7.07. The Morgan fingerprint density at radius 3 is 2.91 bits per heavy atom. The van der Waals surface area contributed by atoms with Crippen molar-refractivity contribution >= 4 is 23.2 Å². The topological polar surface area (TPSA) is 83.6 Å². The van der Waals surface area contributed by atoms with E-state index in [1.165, 1.54) is 16.2 Å². The van der Waals surface area contributed by atoms with Crippen molar-refractivity contribution in [3.05, 3.63) is 29.7 Å². The van der Waals surface area contributed by atoms with Gasteiger partial charge in [-0.05, 0) is 25.8 Å². The van der Waals surface area contributed by atoms with E-state index in [0.29, 0.717) is 5.69 Å². The van der Waals surface area contributed by atoms with Crippen molar-refractivity contribution in [2.75, 3.05) is 0 Å². The average molecular weight is 320 g/mol. The summed E-state index contributed by atoms with van der Waals surface area (Å²) in [6, 6.07) is 1.07. The predicted molar refractivity (Wildman–Crippen MR) is 80.5 cm³/mol. The zero-order valence-electron chi connectivity index (χ0n) is 12.1. The number of carboxylic acid groups (broad SMARTS) is 1. The van der Waals surface area contributed by atoms with Crippen molar-refractivity contribution in [3.63, 3.8) is 0 Å². The van der Waals surface area contributed by atoms with E-state index in [0.717, 1.165) is 23.4 Å². The number of hydrogen-bond donors (Lipinski definition) is 1. The lowest BCUT2D eigenvalue weighted by molar-refractivity contribution is -0.149. The first kappa shape index (κ1) is 14.8. The molecule has 1 N–H and O–H groups in total. The third-order valence-corrected chi connectivity index (χ3v) is 4.60. The normalized spacial score (nSPS) is 15.5. The number of hydrogen-bond acceptors (Lipinski definition) is 5. The molecule has 0 spiro atoms. The molecule has 2 aromatic heterocycles. The molecule has 0 saturated heterocycles. The Balaban J connectivity index is 1.71. The molecular formula is C15H16N2O4S. The number of thiazole rings is 1. The fraction of sp³-hybridized carbons (Fsp3) is 0.400. The molecule has 2 aromatic rings. The maximum absolute atomic E-state index is 12.4. The fourth-order valence-corrected chi connectivity index (χ4v) is 3.17. The number of aliphatic carboxylic acids is 1. The molecular weight excluding hydrogens is 304 g/mol. The van der Waals surface area contributed by atoms with Crippen LogP contribution in [-0.2, 0) is 16.0 Å². The van der Waals surface area contributed by atoms with Gasteiger partial charge in [0.25, 0.3) is 0 Å². The zero-order valence-corrected chi connectivity index (χ0v) is 12.9. The molecule has 0 aliphatic heterocycles. The van der Waals surface area contributed by atoms with Crippen LogP contribution in [0.2, 0.25) is 0 Å². The van der Waals surface area contributed by atoms with Gasteiger partial charge in [-0.15, -0.1) is 11.3 Å². The fourth-order valence-electron chi connectivity index (χ4n) is 2.36. The first-order valence-corrected chi connectivity index (χ1v) is 7.95. The number of amides is 1. The molecule has 1 amide bonds. The van der Waals surface area contributed by atoms with E-state index >= 15 is 0 Å². The van der Waals surface area contributed by atoms with Gasteiger partial charge in [0, 0.05) is 17.0 Å². The second-order valence-electron chi connectivity index (χ2n) is 5.38. The van der Waals surface area contributed by atoms with Crippen LogP contribution in [0, 0.1) is 0 Å². The summed E-state index contributed by atoms with van der Waals surface area (Å²) in [5.41, 5.74) is 1.54. The molecule has 1 fully saturated rings. The second-order valence-corrected chi connectivity index (χ2v) is 6.24. The van der Waals surface area contributed by atoms with E-state index in [1.807, 2.05) is 11.4 Å². The minimum Gasteiger partial charge on any atom is -0.480 e. The van der Waals surface area contributed by atoms with E-state index in [1.54, 1.807) is 19.5 Å². The molecule has 0 radical (unpaired) electrons. The second kappa shape index (κ2) is 5.92. The van der Waals surface area contributed by atoms with E-state index in [-0.39, 0.29) is 18.4 Å². The SMILES string of the molecule is CC(C(=O)O)N(C(=O)Cc1csc(-c2ccoc2)n1)C1CC1. The van der Waals surface area contributed by atoms with Gasteiger partial charge < -0.3 is 14.4 Å². The quantitative estimate of drug-likeness (QED) is 0.883. The molecule has 22 heavy (non-hydrogen) atoms. The Bertz CT molecular complexity index is 676. The number of nitrogens with zero attached hydrogens (tertiary/aromatic N) is 2. The highest BCUT2D eigenvalue weighted by molar-refractivity contribution is 7.13. The average Bonchev–Trinajstić information content (AvgIpc) is 2.99. The summed E-state index contributed by atoms with van der Waals surface area (Å²) in [4.78, 5) is 29.5. The molecule has 1 saturated carbocycles. The van der Waals surface area contributed by atoms with Crippen LogP contribution in [0.1, 0.15) is 25.5 Å². The minimum atomic E-state index is -0.974. The van der Waals surface area contributed by atoms with Crippen LogP contribution in [0.4, 0.5) is 0 Å². The van der Waals surface area contributed by atoms with Crippen LogP contribution in [0.3, 0.4) is 0 Å². The Kier molecular flexibility index (Phi) is 3.98. The largest absolute Gasteiger partial charge is 0.480 e.